The fourth-order valence-corrected chi connectivity index (χ4v) is 2.51. The molecule has 1 N–H and O–H groups in total. The number of aryl methyl sites for hydroxylation is 2. The Bertz CT molecular complexity index is 644. The van der Waals surface area contributed by atoms with Crippen molar-refractivity contribution in [2.24, 2.45) is 0 Å². The largest absolute Gasteiger partial charge is 0.340 e. The van der Waals surface area contributed by atoms with Crippen LogP contribution in [0, 0.1) is 13.8 Å². The molecule has 20 heavy (non-hydrogen) atoms. The Morgan fingerprint density at radius 2 is 1.90 bits per heavy atom. The van der Waals surface area contributed by atoms with Crippen molar-refractivity contribution in [2.75, 3.05) is 5.32 Å². The number of benzene rings is 1. The zero-order valence-electron chi connectivity index (χ0n) is 12.2. The van der Waals surface area contributed by atoms with Crippen molar-refractivity contribution in [2.45, 2.75) is 33.7 Å². The number of carbonyl (C=O) groups excluding carboxylic acids is 1. The van der Waals surface area contributed by atoms with Crippen molar-refractivity contribution in [3.05, 3.63) is 51.8 Å². The van der Waals surface area contributed by atoms with Crippen molar-refractivity contribution < 1.29 is 4.79 Å². The Kier molecular flexibility index (Phi) is 4.33. The van der Waals surface area contributed by atoms with Crippen LogP contribution in [-0.4, -0.2) is 10.5 Å². The standard InChI is InChI=1S/C16H19BrN2O/c1-10(2)19-9-13(17)8-15(19)16(20)18-14-6-5-11(3)12(4)7-14/h5-10H,1-4H3,(H,18,20). The summed E-state index contributed by atoms with van der Waals surface area (Å²) in [6.45, 7) is 8.21. The molecule has 3 nitrogen and oxygen atoms in total. The van der Waals surface area contributed by atoms with Crippen molar-refractivity contribution in [3.8, 4) is 0 Å². The minimum atomic E-state index is -0.0901. The SMILES string of the molecule is Cc1ccc(NC(=O)c2cc(Br)cn2C(C)C)cc1C. The minimum Gasteiger partial charge on any atom is -0.340 e. The van der Waals surface area contributed by atoms with Gasteiger partial charge in [0.15, 0.2) is 0 Å². The van der Waals surface area contributed by atoms with Crippen LogP contribution in [0.5, 0.6) is 0 Å². The molecule has 0 atom stereocenters. The van der Waals surface area contributed by atoms with Crippen LogP contribution >= 0.6 is 15.9 Å². The second-order valence-electron chi connectivity index (χ2n) is 5.30. The van der Waals surface area contributed by atoms with E-state index >= 15 is 0 Å². The molecule has 0 saturated carbocycles. The van der Waals surface area contributed by atoms with Gasteiger partial charge in [0.1, 0.15) is 5.69 Å². The van der Waals surface area contributed by atoms with E-state index in [9.17, 15) is 4.79 Å². The Balaban J connectivity index is 2.26. The van der Waals surface area contributed by atoms with E-state index in [0.29, 0.717) is 5.69 Å². The summed E-state index contributed by atoms with van der Waals surface area (Å²) in [5.74, 6) is -0.0901. The van der Waals surface area contributed by atoms with Crippen molar-refractivity contribution in [1.82, 2.24) is 4.57 Å². The molecule has 0 bridgehead atoms. The lowest BCUT2D eigenvalue weighted by Gasteiger charge is -2.13. The molecule has 0 aliphatic rings. The van der Waals surface area contributed by atoms with Gasteiger partial charge in [-0.25, -0.2) is 0 Å². The van der Waals surface area contributed by atoms with Gasteiger partial charge in [-0.3, -0.25) is 4.79 Å². The normalized spacial score (nSPS) is 10.9. The number of nitrogens with zero attached hydrogens (tertiary/aromatic N) is 1. The lowest BCUT2D eigenvalue weighted by atomic mass is 10.1. The lowest BCUT2D eigenvalue weighted by Crippen LogP contribution is -2.17. The van der Waals surface area contributed by atoms with Crippen LogP contribution in [0.25, 0.3) is 0 Å². The topological polar surface area (TPSA) is 34.0 Å². The molecule has 1 heterocycles. The molecule has 2 rings (SSSR count). The Morgan fingerprint density at radius 3 is 2.50 bits per heavy atom. The van der Waals surface area contributed by atoms with Crippen LogP contribution in [0.2, 0.25) is 0 Å². The van der Waals surface area contributed by atoms with Crippen LogP contribution in [0.15, 0.2) is 34.9 Å². The summed E-state index contributed by atoms with van der Waals surface area (Å²) in [4.78, 5) is 12.4. The number of halogens is 1. The molecule has 4 heteroatoms. The highest BCUT2D eigenvalue weighted by Crippen LogP contribution is 2.21. The van der Waals surface area contributed by atoms with Crippen LogP contribution in [0.3, 0.4) is 0 Å². The smallest absolute Gasteiger partial charge is 0.272 e. The number of aromatic nitrogens is 1. The molecule has 1 aromatic carbocycles. The van der Waals surface area contributed by atoms with Crippen LogP contribution in [0.1, 0.15) is 41.5 Å². The second kappa shape index (κ2) is 5.83. The summed E-state index contributed by atoms with van der Waals surface area (Å²) < 4.78 is 2.87. The predicted octanol–water partition coefficient (Wildman–Crippen LogP) is 4.70. The van der Waals surface area contributed by atoms with Gasteiger partial charge in [0, 0.05) is 22.4 Å². The average molecular weight is 335 g/mol. The van der Waals surface area contributed by atoms with E-state index in [1.165, 1.54) is 11.1 Å². The Labute approximate surface area is 128 Å². The fourth-order valence-electron chi connectivity index (χ4n) is 2.07. The quantitative estimate of drug-likeness (QED) is 0.867. The monoisotopic (exact) mass is 334 g/mol. The molecule has 0 spiro atoms. The first-order valence-corrected chi connectivity index (χ1v) is 7.43. The number of anilines is 1. The van der Waals surface area contributed by atoms with E-state index in [1.807, 2.05) is 42.0 Å². The Hall–Kier alpha value is -1.55. The number of carbonyl (C=O) groups is 1. The molecule has 0 fully saturated rings. The molecular formula is C16H19BrN2O. The van der Waals surface area contributed by atoms with E-state index in [1.54, 1.807) is 0 Å². The van der Waals surface area contributed by atoms with E-state index in [2.05, 4.69) is 42.0 Å². The maximum atomic E-state index is 12.4. The molecule has 106 valence electrons. The average Bonchev–Trinajstić information content (AvgIpc) is 2.76. The van der Waals surface area contributed by atoms with Crippen LogP contribution in [-0.2, 0) is 0 Å². The van der Waals surface area contributed by atoms with Crippen molar-refractivity contribution >= 4 is 27.5 Å². The van der Waals surface area contributed by atoms with Gasteiger partial charge in [-0.2, -0.15) is 0 Å². The van der Waals surface area contributed by atoms with Gasteiger partial charge in [0.25, 0.3) is 5.91 Å². The molecule has 0 aliphatic carbocycles. The summed E-state index contributed by atoms with van der Waals surface area (Å²) in [5, 5.41) is 2.95. The number of rotatable bonds is 3. The maximum Gasteiger partial charge on any atom is 0.272 e. The highest BCUT2D eigenvalue weighted by Gasteiger charge is 2.15. The molecule has 1 amide bonds. The molecule has 0 saturated heterocycles. The fraction of sp³-hybridized carbons (Fsp3) is 0.312. The van der Waals surface area contributed by atoms with Crippen LogP contribution in [0.4, 0.5) is 5.69 Å². The van der Waals surface area contributed by atoms with Gasteiger partial charge in [-0.1, -0.05) is 6.07 Å². The van der Waals surface area contributed by atoms with Gasteiger partial charge >= 0.3 is 0 Å². The molecule has 2 aromatic rings. The summed E-state index contributed by atoms with van der Waals surface area (Å²) >= 11 is 3.43. The number of hydrogen-bond acceptors (Lipinski definition) is 1. The summed E-state index contributed by atoms with van der Waals surface area (Å²) in [7, 11) is 0. The summed E-state index contributed by atoms with van der Waals surface area (Å²) in [5.41, 5.74) is 3.87. The molecule has 0 aliphatic heterocycles. The molecule has 0 radical (unpaired) electrons. The van der Waals surface area contributed by atoms with Crippen LogP contribution < -0.4 is 5.32 Å². The van der Waals surface area contributed by atoms with E-state index < -0.39 is 0 Å². The van der Waals surface area contributed by atoms with E-state index in [-0.39, 0.29) is 11.9 Å². The number of nitrogens with one attached hydrogen (secondary N) is 1. The third kappa shape index (κ3) is 3.12. The van der Waals surface area contributed by atoms with Gasteiger partial charge < -0.3 is 9.88 Å². The maximum absolute atomic E-state index is 12.4. The summed E-state index contributed by atoms with van der Waals surface area (Å²) in [6, 6.07) is 8.02. The van der Waals surface area contributed by atoms with Gasteiger partial charge in [-0.05, 0) is 73.0 Å². The zero-order valence-corrected chi connectivity index (χ0v) is 13.8. The zero-order chi connectivity index (χ0) is 14.9. The predicted molar refractivity (Wildman–Crippen MR) is 86.4 cm³/mol. The third-order valence-corrected chi connectivity index (χ3v) is 3.80. The van der Waals surface area contributed by atoms with Crippen molar-refractivity contribution in [3.63, 3.8) is 0 Å². The lowest BCUT2D eigenvalue weighted by molar-refractivity contribution is 0.101. The van der Waals surface area contributed by atoms with E-state index in [4.69, 9.17) is 0 Å². The van der Waals surface area contributed by atoms with Crippen molar-refractivity contribution in [1.29, 1.82) is 0 Å². The number of amides is 1. The van der Waals surface area contributed by atoms with Gasteiger partial charge in [-0.15, -0.1) is 0 Å². The second-order valence-corrected chi connectivity index (χ2v) is 6.21. The first-order chi connectivity index (χ1) is 9.38. The van der Waals surface area contributed by atoms with Gasteiger partial charge in [0.2, 0.25) is 0 Å². The molecular weight excluding hydrogens is 316 g/mol. The number of hydrogen-bond donors (Lipinski definition) is 1. The minimum absolute atomic E-state index is 0.0901. The van der Waals surface area contributed by atoms with Gasteiger partial charge in [0.05, 0.1) is 0 Å². The first kappa shape index (κ1) is 14.9. The molecule has 0 unspecified atom stereocenters. The Morgan fingerprint density at radius 1 is 1.20 bits per heavy atom. The molecule has 1 aromatic heterocycles. The third-order valence-electron chi connectivity index (χ3n) is 3.37. The highest BCUT2D eigenvalue weighted by molar-refractivity contribution is 9.10. The highest BCUT2D eigenvalue weighted by atomic mass is 79.9. The first-order valence-electron chi connectivity index (χ1n) is 6.64. The van der Waals surface area contributed by atoms with E-state index in [0.717, 1.165) is 10.2 Å². The summed E-state index contributed by atoms with van der Waals surface area (Å²) in [6.07, 6.45) is 1.93.